The highest BCUT2D eigenvalue weighted by Crippen LogP contribution is 2.34. The van der Waals surface area contributed by atoms with Crippen molar-refractivity contribution >= 4 is 11.9 Å². The van der Waals surface area contributed by atoms with Crippen LogP contribution in [0.25, 0.3) is 0 Å². The van der Waals surface area contributed by atoms with Crippen LogP contribution in [0, 0.1) is 5.92 Å². The number of carbonyl (C=O) groups excluding carboxylic acids is 2. The molecule has 0 aromatic rings. The van der Waals surface area contributed by atoms with Gasteiger partial charge in [0.05, 0.1) is 13.5 Å². The molecule has 0 radical (unpaired) electrons. The van der Waals surface area contributed by atoms with Crippen molar-refractivity contribution < 1.29 is 14.3 Å². The highest BCUT2D eigenvalue weighted by Gasteiger charge is 2.33. The van der Waals surface area contributed by atoms with E-state index in [1.165, 1.54) is 7.11 Å². The van der Waals surface area contributed by atoms with Gasteiger partial charge in [-0.05, 0) is 25.2 Å². The van der Waals surface area contributed by atoms with Crippen LogP contribution in [0.2, 0.25) is 0 Å². The summed E-state index contributed by atoms with van der Waals surface area (Å²) in [6.07, 6.45) is 3.88. The average molecular weight is 213 g/mol. The zero-order valence-corrected chi connectivity index (χ0v) is 9.41. The fourth-order valence-electron chi connectivity index (χ4n) is 1.60. The van der Waals surface area contributed by atoms with Gasteiger partial charge in [0.25, 0.3) is 0 Å². The fourth-order valence-corrected chi connectivity index (χ4v) is 1.60. The predicted molar refractivity (Wildman–Crippen MR) is 56.2 cm³/mol. The summed E-state index contributed by atoms with van der Waals surface area (Å²) < 4.78 is 4.61. The Labute approximate surface area is 90.4 Å². The second kappa shape index (κ2) is 5.73. The predicted octanol–water partition coefficient (Wildman–Crippen LogP) is 1.24. The van der Waals surface area contributed by atoms with Gasteiger partial charge < -0.3 is 10.1 Å². The molecular formula is C11H19NO3. The van der Waals surface area contributed by atoms with Crippen molar-refractivity contribution in [3.63, 3.8) is 0 Å². The number of carbonyl (C=O) groups is 2. The lowest BCUT2D eigenvalue weighted by Crippen LogP contribution is -2.38. The van der Waals surface area contributed by atoms with Gasteiger partial charge in [-0.15, -0.1) is 0 Å². The molecule has 1 saturated carbocycles. The number of hydrogen-bond donors (Lipinski definition) is 1. The molecule has 4 nitrogen and oxygen atoms in total. The molecule has 0 aromatic carbocycles. The monoisotopic (exact) mass is 213 g/mol. The van der Waals surface area contributed by atoms with Gasteiger partial charge in [0, 0.05) is 12.5 Å². The summed E-state index contributed by atoms with van der Waals surface area (Å²) in [4.78, 5) is 22.5. The first-order valence-corrected chi connectivity index (χ1v) is 5.53. The molecule has 1 fully saturated rings. The van der Waals surface area contributed by atoms with E-state index in [4.69, 9.17) is 0 Å². The van der Waals surface area contributed by atoms with E-state index >= 15 is 0 Å². The maximum atomic E-state index is 11.4. The van der Waals surface area contributed by atoms with Crippen LogP contribution in [-0.2, 0) is 14.3 Å². The lowest BCUT2D eigenvalue weighted by atomic mass is 10.1. The van der Waals surface area contributed by atoms with Crippen LogP contribution < -0.4 is 5.32 Å². The topological polar surface area (TPSA) is 55.4 Å². The van der Waals surface area contributed by atoms with Crippen LogP contribution >= 0.6 is 0 Å². The smallest absolute Gasteiger partial charge is 0.307 e. The number of amides is 1. The second-order valence-electron chi connectivity index (χ2n) is 4.04. The van der Waals surface area contributed by atoms with Gasteiger partial charge in [-0.25, -0.2) is 0 Å². The van der Waals surface area contributed by atoms with Gasteiger partial charge >= 0.3 is 5.97 Å². The Bertz CT molecular complexity index is 236. The van der Waals surface area contributed by atoms with E-state index in [2.05, 4.69) is 10.1 Å². The Balaban J connectivity index is 2.36. The molecule has 1 atom stereocenters. The SMILES string of the molecule is CCCC(=O)NC(CC(=O)OC)C1CC1. The van der Waals surface area contributed by atoms with E-state index in [1.54, 1.807) is 0 Å². The zero-order valence-electron chi connectivity index (χ0n) is 9.41. The van der Waals surface area contributed by atoms with E-state index in [0.717, 1.165) is 19.3 Å². The van der Waals surface area contributed by atoms with Crippen molar-refractivity contribution in [1.29, 1.82) is 0 Å². The van der Waals surface area contributed by atoms with Crippen molar-refractivity contribution in [2.45, 2.75) is 45.1 Å². The Morgan fingerprint density at radius 1 is 1.47 bits per heavy atom. The number of methoxy groups -OCH3 is 1. The Hall–Kier alpha value is -1.06. The summed E-state index contributed by atoms with van der Waals surface area (Å²) in [6, 6.07) is -0.0171. The van der Waals surface area contributed by atoms with Gasteiger partial charge in [0.2, 0.25) is 5.91 Å². The molecule has 1 aliphatic rings. The van der Waals surface area contributed by atoms with Gasteiger partial charge in [-0.1, -0.05) is 6.92 Å². The van der Waals surface area contributed by atoms with Crippen LogP contribution in [0.5, 0.6) is 0 Å². The van der Waals surface area contributed by atoms with E-state index in [-0.39, 0.29) is 17.9 Å². The molecule has 0 saturated heterocycles. The minimum Gasteiger partial charge on any atom is -0.469 e. The number of ether oxygens (including phenoxy) is 1. The summed E-state index contributed by atoms with van der Waals surface area (Å²) in [7, 11) is 1.38. The Morgan fingerprint density at radius 3 is 2.60 bits per heavy atom. The van der Waals surface area contributed by atoms with Gasteiger partial charge in [-0.3, -0.25) is 9.59 Å². The zero-order chi connectivity index (χ0) is 11.3. The molecule has 1 aliphatic carbocycles. The molecular weight excluding hydrogens is 194 g/mol. The minimum absolute atomic E-state index is 0.0171. The molecule has 0 heterocycles. The van der Waals surface area contributed by atoms with E-state index < -0.39 is 0 Å². The summed E-state index contributed by atoms with van der Waals surface area (Å²) >= 11 is 0. The minimum atomic E-state index is -0.247. The first-order chi connectivity index (χ1) is 7.17. The normalized spacial score (nSPS) is 16.9. The largest absolute Gasteiger partial charge is 0.469 e. The standard InChI is InChI=1S/C11H19NO3/c1-3-4-10(13)12-9(8-5-6-8)7-11(14)15-2/h8-9H,3-7H2,1-2H3,(H,12,13). The molecule has 4 heteroatoms. The molecule has 1 rings (SSSR count). The second-order valence-corrected chi connectivity index (χ2v) is 4.04. The maximum Gasteiger partial charge on any atom is 0.307 e. The molecule has 0 aliphatic heterocycles. The van der Waals surface area contributed by atoms with Crippen LogP contribution in [0.3, 0.4) is 0 Å². The third-order valence-corrected chi connectivity index (χ3v) is 2.63. The van der Waals surface area contributed by atoms with Crippen molar-refractivity contribution in [3.8, 4) is 0 Å². The number of rotatable bonds is 6. The van der Waals surface area contributed by atoms with Crippen LogP contribution in [-0.4, -0.2) is 25.0 Å². The number of nitrogens with one attached hydrogen (secondary N) is 1. The summed E-state index contributed by atoms with van der Waals surface area (Å²) in [5.41, 5.74) is 0. The molecule has 0 spiro atoms. The lowest BCUT2D eigenvalue weighted by molar-refractivity contribution is -0.141. The van der Waals surface area contributed by atoms with E-state index in [9.17, 15) is 9.59 Å². The average Bonchev–Trinajstić information content (AvgIpc) is 3.00. The molecule has 1 N–H and O–H groups in total. The quantitative estimate of drug-likeness (QED) is 0.675. The van der Waals surface area contributed by atoms with Crippen molar-refractivity contribution in [2.24, 2.45) is 5.92 Å². The maximum absolute atomic E-state index is 11.4. The van der Waals surface area contributed by atoms with Gasteiger partial charge in [0.15, 0.2) is 0 Å². The molecule has 86 valence electrons. The third-order valence-electron chi connectivity index (χ3n) is 2.63. The highest BCUT2D eigenvalue weighted by molar-refractivity contribution is 5.77. The molecule has 0 bridgehead atoms. The van der Waals surface area contributed by atoms with Crippen molar-refractivity contribution in [2.75, 3.05) is 7.11 Å². The molecule has 1 unspecified atom stereocenters. The van der Waals surface area contributed by atoms with E-state index in [1.807, 2.05) is 6.92 Å². The lowest BCUT2D eigenvalue weighted by Gasteiger charge is -2.16. The summed E-state index contributed by atoms with van der Waals surface area (Å²) in [5, 5.41) is 2.91. The van der Waals surface area contributed by atoms with Crippen LogP contribution in [0.15, 0.2) is 0 Å². The van der Waals surface area contributed by atoms with E-state index in [0.29, 0.717) is 18.8 Å². The fraction of sp³-hybridized carbons (Fsp3) is 0.818. The van der Waals surface area contributed by atoms with Crippen LogP contribution in [0.4, 0.5) is 0 Å². The van der Waals surface area contributed by atoms with Crippen LogP contribution in [0.1, 0.15) is 39.0 Å². The van der Waals surface area contributed by atoms with Gasteiger partial charge in [-0.2, -0.15) is 0 Å². The molecule has 1 amide bonds. The molecule has 15 heavy (non-hydrogen) atoms. The number of hydrogen-bond acceptors (Lipinski definition) is 3. The Kier molecular flexibility index (Phi) is 4.59. The first-order valence-electron chi connectivity index (χ1n) is 5.53. The molecule has 0 aromatic heterocycles. The van der Waals surface area contributed by atoms with Crippen molar-refractivity contribution in [1.82, 2.24) is 5.32 Å². The summed E-state index contributed by atoms with van der Waals surface area (Å²) in [6.45, 7) is 1.96. The Morgan fingerprint density at radius 2 is 2.13 bits per heavy atom. The first kappa shape index (κ1) is 12.0. The van der Waals surface area contributed by atoms with Gasteiger partial charge in [0.1, 0.15) is 0 Å². The highest BCUT2D eigenvalue weighted by atomic mass is 16.5. The van der Waals surface area contributed by atoms with Crippen molar-refractivity contribution in [3.05, 3.63) is 0 Å². The summed E-state index contributed by atoms with van der Waals surface area (Å²) in [5.74, 6) is 0.270. The third kappa shape index (κ3) is 4.32. The number of esters is 1.